The predicted octanol–water partition coefficient (Wildman–Crippen LogP) is 2.44. The smallest absolute Gasteiger partial charge is 0.257 e. The number of nitrogens with zero attached hydrogens (tertiary/aromatic N) is 5. The summed E-state index contributed by atoms with van der Waals surface area (Å²) < 4.78 is 29.1. The van der Waals surface area contributed by atoms with E-state index >= 15 is 0 Å². The van der Waals surface area contributed by atoms with E-state index in [0.717, 1.165) is 38.1 Å². The lowest BCUT2D eigenvalue weighted by Gasteiger charge is -2.34. The van der Waals surface area contributed by atoms with Gasteiger partial charge in [-0.05, 0) is 43.4 Å². The number of hydrogen-bond acceptors (Lipinski definition) is 9. The number of methoxy groups -OCH3 is 1. The van der Waals surface area contributed by atoms with Crippen molar-refractivity contribution in [2.45, 2.75) is 5.16 Å². The molecule has 3 heterocycles. The number of rotatable bonds is 6. The summed E-state index contributed by atoms with van der Waals surface area (Å²) in [7, 11) is -0.106. The summed E-state index contributed by atoms with van der Waals surface area (Å²) >= 11 is 0. The van der Waals surface area contributed by atoms with E-state index < -0.39 is 9.84 Å². The third-order valence-corrected chi connectivity index (χ3v) is 7.08. The molecule has 0 spiro atoms. The minimum atomic E-state index is -3.63. The first kappa shape index (κ1) is 24.7. The minimum absolute atomic E-state index is 0.140. The van der Waals surface area contributed by atoms with Crippen LogP contribution in [0.2, 0.25) is 0 Å². The summed E-state index contributed by atoms with van der Waals surface area (Å²) in [5.74, 6) is 0.168. The highest BCUT2D eigenvalue weighted by Crippen LogP contribution is 2.26. The van der Waals surface area contributed by atoms with Gasteiger partial charge in [0.15, 0.2) is 0 Å². The van der Waals surface area contributed by atoms with Crippen LogP contribution < -0.4 is 15.0 Å². The molecule has 1 amide bonds. The van der Waals surface area contributed by atoms with Crippen molar-refractivity contribution in [1.29, 1.82) is 0 Å². The van der Waals surface area contributed by atoms with Gasteiger partial charge in [0, 0.05) is 55.3 Å². The Hall–Kier alpha value is -4.03. The largest absolute Gasteiger partial charge is 0.481 e. The number of nitrogens with one attached hydrogen (secondary N) is 2. The Kier molecular flexibility index (Phi) is 6.52. The highest BCUT2D eigenvalue weighted by Gasteiger charge is 2.18. The maximum Gasteiger partial charge on any atom is 0.257 e. The zero-order valence-electron chi connectivity index (χ0n) is 20.7. The number of carbonyl (C=O) groups excluding carboxylic acids is 1. The molecule has 0 saturated carbocycles. The molecule has 192 valence electrons. The van der Waals surface area contributed by atoms with Gasteiger partial charge in [-0.15, -0.1) is 0 Å². The fraction of sp³-hybridized carbons (Fsp3) is 0.280. The Labute approximate surface area is 214 Å². The van der Waals surface area contributed by atoms with Crippen molar-refractivity contribution in [2.75, 3.05) is 56.8 Å². The number of anilines is 2. The number of hydrogen-bond donors (Lipinski definition) is 2. The van der Waals surface area contributed by atoms with Gasteiger partial charge in [0.2, 0.25) is 21.7 Å². The van der Waals surface area contributed by atoms with E-state index in [-0.39, 0.29) is 16.9 Å². The van der Waals surface area contributed by atoms with Crippen LogP contribution >= 0.6 is 0 Å². The number of aromatic amines is 1. The van der Waals surface area contributed by atoms with Crippen molar-refractivity contribution in [3.05, 3.63) is 54.1 Å². The van der Waals surface area contributed by atoms with Crippen LogP contribution in [0.25, 0.3) is 22.3 Å². The van der Waals surface area contributed by atoms with Gasteiger partial charge < -0.3 is 19.5 Å². The van der Waals surface area contributed by atoms with Crippen molar-refractivity contribution in [3.63, 3.8) is 0 Å². The Morgan fingerprint density at radius 3 is 2.41 bits per heavy atom. The summed E-state index contributed by atoms with van der Waals surface area (Å²) in [5.41, 5.74) is 3.93. The molecule has 1 saturated heterocycles. The molecule has 1 fully saturated rings. The molecule has 0 aliphatic carbocycles. The zero-order valence-corrected chi connectivity index (χ0v) is 21.5. The number of ether oxygens (including phenoxy) is 1. The van der Waals surface area contributed by atoms with E-state index in [4.69, 9.17) is 4.74 Å². The normalized spacial score (nSPS) is 14.6. The third kappa shape index (κ3) is 5.39. The van der Waals surface area contributed by atoms with Crippen molar-refractivity contribution in [3.8, 4) is 17.1 Å². The molecule has 5 rings (SSSR count). The summed E-state index contributed by atoms with van der Waals surface area (Å²) in [4.78, 5) is 33.1. The number of piperazine rings is 1. The molecule has 11 nitrogen and oxygen atoms in total. The van der Waals surface area contributed by atoms with Crippen LogP contribution in [-0.4, -0.2) is 85.8 Å². The Morgan fingerprint density at radius 1 is 1.00 bits per heavy atom. The van der Waals surface area contributed by atoms with E-state index in [2.05, 4.69) is 42.1 Å². The van der Waals surface area contributed by atoms with E-state index in [1.54, 1.807) is 24.3 Å². The van der Waals surface area contributed by atoms with Gasteiger partial charge in [0.1, 0.15) is 0 Å². The third-order valence-electron chi connectivity index (χ3n) is 6.23. The van der Waals surface area contributed by atoms with Crippen LogP contribution in [0.4, 0.5) is 11.6 Å². The van der Waals surface area contributed by atoms with Gasteiger partial charge in [-0.1, -0.05) is 6.07 Å². The Morgan fingerprint density at radius 2 is 1.73 bits per heavy atom. The zero-order chi connectivity index (χ0) is 26.2. The molecule has 37 heavy (non-hydrogen) atoms. The SMILES string of the molecule is COc1cc(-c2ccc3nc(NC(=O)c4ccc(N5CCN(C)CC5)cc4)[nH]c3c2)nc(S(C)(=O)=O)n1. The maximum absolute atomic E-state index is 12.8. The number of likely N-dealkylation sites (N-methyl/N-ethyl adjacent to an activating group) is 1. The van der Waals surface area contributed by atoms with Gasteiger partial charge in [-0.25, -0.2) is 18.4 Å². The van der Waals surface area contributed by atoms with E-state index in [9.17, 15) is 13.2 Å². The molecule has 0 unspecified atom stereocenters. The fourth-order valence-electron chi connectivity index (χ4n) is 4.12. The van der Waals surface area contributed by atoms with Gasteiger partial charge in [-0.2, -0.15) is 4.98 Å². The first-order valence-electron chi connectivity index (χ1n) is 11.7. The molecule has 12 heteroatoms. The van der Waals surface area contributed by atoms with Gasteiger partial charge in [0.25, 0.3) is 11.1 Å². The van der Waals surface area contributed by atoms with E-state index in [0.29, 0.717) is 33.8 Å². The fourth-order valence-corrected chi connectivity index (χ4v) is 4.64. The summed E-state index contributed by atoms with van der Waals surface area (Å²) in [5, 5.41) is 2.49. The molecule has 1 aliphatic heterocycles. The molecule has 0 bridgehead atoms. The number of H-pyrrole nitrogens is 1. The van der Waals surface area contributed by atoms with E-state index in [1.807, 2.05) is 24.3 Å². The molecule has 4 aromatic rings. The molecular formula is C25H27N7O4S. The number of carbonyl (C=O) groups is 1. The second kappa shape index (κ2) is 9.79. The van der Waals surface area contributed by atoms with Crippen molar-refractivity contribution in [2.24, 2.45) is 0 Å². The van der Waals surface area contributed by atoms with Gasteiger partial charge >= 0.3 is 0 Å². The number of imidazole rings is 1. The topological polar surface area (TPSA) is 133 Å². The van der Waals surface area contributed by atoms with Crippen LogP contribution in [0.3, 0.4) is 0 Å². The van der Waals surface area contributed by atoms with Crippen LogP contribution in [-0.2, 0) is 9.84 Å². The first-order valence-corrected chi connectivity index (χ1v) is 13.6. The van der Waals surface area contributed by atoms with E-state index in [1.165, 1.54) is 7.11 Å². The number of sulfone groups is 1. The summed E-state index contributed by atoms with van der Waals surface area (Å²) in [6.07, 6.45) is 1.04. The quantitative estimate of drug-likeness (QED) is 0.367. The van der Waals surface area contributed by atoms with Crippen LogP contribution in [0, 0.1) is 0 Å². The lowest BCUT2D eigenvalue weighted by Crippen LogP contribution is -2.44. The average molecular weight is 522 g/mol. The first-order chi connectivity index (χ1) is 17.7. The molecule has 0 atom stereocenters. The van der Waals surface area contributed by atoms with Gasteiger partial charge in [0.05, 0.1) is 23.8 Å². The summed E-state index contributed by atoms with van der Waals surface area (Å²) in [6, 6.07) is 14.4. The van der Waals surface area contributed by atoms with Gasteiger partial charge in [-0.3, -0.25) is 10.1 Å². The number of fused-ring (bicyclic) bond motifs is 1. The maximum atomic E-state index is 12.8. The molecule has 2 N–H and O–H groups in total. The second-order valence-electron chi connectivity index (χ2n) is 8.96. The highest BCUT2D eigenvalue weighted by atomic mass is 32.2. The lowest BCUT2D eigenvalue weighted by atomic mass is 10.1. The van der Waals surface area contributed by atoms with Crippen molar-refractivity contribution >= 4 is 38.4 Å². The lowest BCUT2D eigenvalue weighted by molar-refractivity contribution is 0.102. The Bertz CT molecular complexity index is 1560. The standard InChI is InChI=1S/C25H27N7O4S/c1-31-10-12-32(13-11-31)18-7-4-16(5-8-18)23(33)30-24-26-19-9-6-17(14-21(19)27-24)20-15-22(36-2)29-25(28-20)37(3,34)35/h4-9,14-15H,10-13H2,1-3H3,(H2,26,27,30,33). The van der Waals surface area contributed by atoms with Crippen LogP contribution in [0.1, 0.15) is 10.4 Å². The highest BCUT2D eigenvalue weighted by molar-refractivity contribution is 7.90. The molecular weight excluding hydrogens is 494 g/mol. The molecule has 2 aromatic carbocycles. The molecule has 1 aliphatic rings. The van der Waals surface area contributed by atoms with Crippen molar-refractivity contribution in [1.82, 2.24) is 24.8 Å². The summed E-state index contributed by atoms with van der Waals surface area (Å²) in [6.45, 7) is 3.94. The van der Waals surface area contributed by atoms with Crippen molar-refractivity contribution < 1.29 is 17.9 Å². The minimum Gasteiger partial charge on any atom is -0.481 e. The number of amides is 1. The Balaban J connectivity index is 1.34. The monoisotopic (exact) mass is 521 g/mol. The van der Waals surface area contributed by atoms with Crippen LogP contribution in [0.5, 0.6) is 5.88 Å². The second-order valence-corrected chi connectivity index (χ2v) is 10.9. The predicted molar refractivity (Wildman–Crippen MR) is 141 cm³/mol. The molecule has 0 radical (unpaired) electrons. The number of benzene rings is 2. The average Bonchev–Trinajstić information content (AvgIpc) is 3.30. The number of aromatic nitrogens is 4. The molecule has 2 aromatic heterocycles. The van der Waals surface area contributed by atoms with Crippen LogP contribution in [0.15, 0.2) is 53.7 Å².